The first-order valence-electron chi connectivity index (χ1n) is 4.68. The number of β-lactam (4-membered cyclic amide) rings is 1. The summed E-state index contributed by atoms with van der Waals surface area (Å²) >= 11 is 0. The molecule has 68 valence electrons. The molecule has 0 aromatic heterocycles. The SMILES string of the molecule is CC[C@@H]1C(=O)N[C@H]1c1ccccc1. The summed E-state index contributed by atoms with van der Waals surface area (Å²) < 4.78 is 0. The second kappa shape index (κ2) is 3.21. The average Bonchev–Trinajstić information content (AvgIpc) is 2.16. The van der Waals surface area contributed by atoms with E-state index >= 15 is 0 Å². The summed E-state index contributed by atoms with van der Waals surface area (Å²) in [4.78, 5) is 11.1. The highest BCUT2D eigenvalue weighted by Crippen LogP contribution is 2.32. The van der Waals surface area contributed by atoms with E-state index in [0.29, 0.717) is 0 Å². The van der Waals surface area contributed by atoms with E-state index in [1.807, 2.05) is 18.2 Å². The Kier molecular flexibility index (Phi) is 2.05. The maximum atomic E-state index is 11.1. The van der Waals surface area contributed by atoms with Gasteiger partial charge in [-0.15, -0.1) is 0 Å². The van der Waals surface area contributed by atoms with Gasteiger partial charge < -0.3 is 5.32 Å². The molecule has 2 nitrogen and oxygen atoms in total. The largest absolute Gasteiger partial charge is 0.348 e. The van der Waals surface area contributed by atoms with Gasteiger partial charge in [-0.1, -0.05) is 37.3 Å². The molecule has 0 bridgehead atoms. The fourth-order valence-corrected chi connectivity index (χ4v) is 1.81. The molecule has 1 aromatic carbocycles. The Balaban J connectivity index is 2.16. The number of carbonyl (C=O) groups excluding carboxylic acids is 1. The first-order valence-corrected chi connectivity index (χ1v) is 4.68. The van der Waals surface area contributed by atoms with Gasteiger partial charge in [-0.25, -0.2) is 0 Å². The third-order valence-electron chi connectivity index (χ3n) is 2.64. The predicted octanol–water partition coefficient (Wildman–Crippen LogP) is 1.88. The Hall–Kier alpha value is -1.31. The number of rotatable bonds is 2. The van der Waals surface area contributed by atoms with Gasteiger partial charge in [-0.2, -0.15) is 0 Å². The lowest BCUT2D eigenvalue weighted by Crippen LogP contribution is -2.51. The smallest absolute Gasteiger partial charge is 0.226 e. The molecule has 2 rings (SSSR count). The first-order chi connectivity index (χ1) is 6.33. The Labute approximate surface area is 78.0 Å². The summed E-state index contributed by atoms with van der Waals surface area (Å²) in [5.74, 6) is 0.374. The van der Waals surface area contributed by atoms with Crippen LogP contribution in [0.15, 0.2) is 30.3 Å². The van der Waals surface area contributed by atoms with Gasteiger partial charge in [0, 0.05) is 0 Å². The first kappa shape index (κ1) is 8.30. The van der Waals surface area contributed by atoms with Gasteiger partial charge in [0.25, 0.3) is 0 Å². The van der Waals surface area contributed by atoms with Crippen LogP contribution in [0.25, 0.3) is 0 Å². The minimum atomic E-state index is 0.183. The molecule has 0 unspecified atom stereocenters. The molecule has 1 aromatic rings. The summed E-state index contributed by atoms with van der Waals surface area (Å²) in [6.45, 7) is 2.05. The van der Waals surface area contributed by atoms with Gasteiger partial charge in [0.2, 0.25) is 5.91 Å². The summed E-state index contributed by atoms with van der Waals surface area (Å²) in [6.07, 6.45) is 0.922. The fourth-order valence-electron chi connectivity index (χ4n) is 1.81. The van der Waals surface area contributed by atoms with E-state index in [4.69, 9.17) is 0 Å². The minimum Gasteiger partial charge on any atom is -0.348 e. The van der Waals surface area contributed by atoms with Gasteiger partial charge in [0.1, 0.15) is 0 Å². The van der Waals surface area contributed by atoms with Crippen molar-refractivity contribution in [3.05, 3.63) is 35.9 Å². The standard InChI is InChI=1S/C11H13NO/c1-2-9-10(12-11(9)13)8-6-4-3-5-7-8/h3-7,9-10H,2H2,1H3,(H,12,13)/t9-,10-/m0/s1. The van der Waals surface area contributed by atoms with Crippen molar-refractivity contribution < 1.29 is 4.79 Å². The van der Waals surface area contributed by atoms with Crippen LogP contribution in [0.2, 0.25) is 0 Å². The molecule has 2 heteroatoms. The molecule has 1 fully saturated rings. The van der Waals surface area contributed by atoms with Crippen molar-refractivity contribution in [1.29, 1.82) is 0 Å². The van der Waals surface area contributed by atoms with Crippen LogP contribution >= 0.6 is 0 Å². The van der Waals surface area contributed by atoms with Crippen molar-refractivity contribution in [2.45, 2.75) is 19.4 Å². The number of carbonyl (C=O) groups is 1. The monoisotopic (exact) mass is 175 g/mol. The van der Waals surface area contributed by atoms with Crippen LogP contribution in [0.5, 0.6) is 0 Å². The Morgan fingerprint density at radius 1 is 1.31 bits per heavy atom. The lowest BCUT2D eigenvalue weighted by atomic mass is 9.83. The van der Waals surface area contributed by atoms with E-state index < -0.39 is 0 Å². The highest BCUT2D eigenvalue weighted by atomic mass is 16.2. The number of nitrogens with one attached hydrogen (secondary N) is 1. The zero-order valence-corrected chi connectivity index (χ0v) is 7.66. The third kappa shape index (κ3) is 1.32. The third-order valence-corrected chi connectivity index (χ3v) is 2.64. The molecule has 1 N–H and O–H groups in total. The van der Waals surface area contributed by atoms with Crippen LogP contribution in [-0.4, -0.2) is 5.91 Å². The molecule has 1 saturated heterocycles. The molecule has 1 amide bonds. The van der Waals surface area contributed by atoms with E-state index in [1.165, 1.54) is 5.56 Å². The van der Waals surface area contributed by atoms with Crippen molar-refractivity contribution in [3.8, 4) is 0 Å². The molecule has 0 spiro atoms. The summed E-state index contributed by atoms with van der Waals surface area (Å²) in [5, 5.41) is 2.92. The lowest BCUT2D eigenvalue weighted by molar-refractivity contribution is -0.135. The zero-order chi connectivity index (χ0) is 9.26. The zero-order valence-electron chi connectivity index (χ0n) is 7.66. The van der Waals surface area contributed by atoms with Gasteiger partial charge >= 0.3 is 0 Å². The van der Waals surface area contributed by atoms with Gasteiger partial charge in [-0.3, -0.25) is 4.79 Å². The molecular weight excluding hydrogens is 162 g/mol. The second-order valence-corrected chi connectivity index (χ2v) is 3.41. The van der Waals surface area contributed by atoms with Crippen molar-refractivity contribution in [2.75, 3.05) is 0 Å². The Bertz CT molecular complexity index is 307. The molecule has 0 radical (unpaired) electrons. The Morgan fingerprint density at radius 2 is 2.00 bits per heavy atom. The van der Waals surface area contributed by atoms with Crippen molar-refractivity contribution in [1.82, 2.24) is 5.32 Å². The summed E-state index contributed by atoms with van der Waals surface area (Å²) in [6, 6.07) is 10.4. The number of hydrogen-bond acceptors (Lipinski definition) is 1. The summed E-state index contributed by atoms with van der Waals surface area (Å²) in [7, 11) is 0. The van der Waals surface area contributed by atoms with Gasteiger partial charge in [-0.05, 0) is 12.0 Å². The quantitative estimate of drug-likeness (QED) is 0.683. The molecule has 0 saturated carbocycles. The van der Waals surface area contributed by atoms with Gasteiger partial charge in [0.05, 0.1) is 12.0 Å². The maximum Gasteiger partial charge on any atom is 0.226 e. The Morgan fingerprint density at radius 3 is 2.54 bits per heavy atom. The molecule has 1 aliphatic heterocycles. The maximum absolute atomic E-state index is 11.1. The van der Waals surface area contributed by atoms with Crippen molar-refractivity contribution >= 4 is 5.91 Å². The van der Waals surface area contributed by atoms with Crippen molar-refractivity contribution in [3.63, 3.8) is 0 Å². The lowest BCUT2D eigenvalue weighted by Gasteiger charge is -2.36. The predicted molar refractivity (Wildman–Crippen MR) is 51.1 cm³/mol. The second-order valence-electron chi connectivity index (χ2n) is 3.41. The van der Waals surface area contributed by atoms with Crippen LogP contribution < -0.4 is 5.32 Å². The van der Waals surface area contributed by atoms with E-state index in [9.17, 15) is 4.79 Å². The summed E-state index contributed by atoms with van der Waals surface area (Å²) in [5.41, 5.74) is 1.22. The molecule has 0 aliphatic carbocycles. The highest BCUT2D eigenvalue weighted by Gasteiger charge is 2.38. The minimum absolute atomic E-state index is 0.183. The molecule has 1 heterocycles. The van der Waals surface area contributed by atoms with Crippen LogP contribution in [0, 0.1) is 5.92 Å². The molecule has 2 atom stereocenters. The average molecular weight is 175 g/mol. The van der Waals surface area contributed by atoms with Crippen LogP contribution in [0.4, 0.5) is 0 Å². The normalized spacial score (nSPS) is 26.4. The molecular formula is C11H13NO. The topological polar surface area (TPSA) is 29.1 Å². The van der Waals surface area contributed by atoms with E-state index in [0.717, 1.165) is 6.42 Å². The molecule has 13 heavy (non-hydrogen) atoms. The van der Waals surface area contributed by atoms with Gasteiger partial charge in [0.15, 0.2) is 0 Å². The van der Waals surface area contributed by atoms with Crippen LogP contribution in [0.1, 0.15) is 24.9 Å². The van der Waals surface area contributed by atoms with Crippen LogP contribution in [-0.2, 0) is 4.79 Å². The van der Waals surface area contributed by atoms with E-state index in [1.54, 1.807) is 0 Å². The fraction of sp³-hybridized carbons (Fsp3) is 0.364. The number of hydrogen-bond donors (Lipinski definition) is 1. The number of amides is 1. The van der Waals surface area contributed by atoms with E-state index in [-0.39, 0.29) is 17.9 Å². The van der Waals surface area contributed by atoms with Crippen LogP contribution in [0.3, 0.4) is 0 Å². The number of benzene rings is 1. The van der Waals surface area contributed by atoms with E-state index in [2.05, 4.69) is 24.4 Å². The molecule has 1 aliphatic rings. The highest BCUT2D eigenvalue weighted by molar-refractivity contribution is 5.86. The van der Waals surface area contributed by atoms with Crippen molar-refractivity contribution in [2.24, 2.45) is 5.92 Å².